The van der Waals surface area contributed by atoms with Gasteiger partial charge >= 0.3 is 0 Å². The Morgan fingerprint density at radius 3 is 2.38 bits per heavy atom. The Bertz CT molecular complexity index is 550. The molecule has 1 aliphatic carbocycles. The number of hydrogen-bond acceptors (Lipinski definition) is 6. The van der Waals surface area contributed by atoms with Crippen molar-refractivity contribution in [3.05, 3.63) is 6.07 Å². The molecule has 1 amide bonds. The standard InChI is InChI=1S/C17H29N5OS/c1-4-17(2,3)11-5-7-12(8-6-11)20-15(23)10-24-16-21-13(18)9-14(19)22-16/h9,11-12H,4-8,10H2,1-3H3,(H,20,23)(H4,18,19,21,22). The van der Waals surface area contributed by atoms with Crippen molar-refractivity contribution in [3.63, 3.8) is 0 Å². The zero-order chi connectivity index (χ0) is 17.7. The minimum atomic E-state index is 0.0165. The zero-order valence-corrected chi connectivity index (χ0v) is 15.7. The van der Waals surface area contributed by atoms with Gasteiger partial charge in [0.15, 0.2) is 5.16 Å². The Labute approximate surface area is 148 Å². The number of thioether (sulfide) groups is 1. The molecule has 0 spiro atoms. The van der Waals surface area contributed by atoms with E-state index in [4.69, 9.17) is 11.5 Å². The summed E-state index contributed by atoms with van der Waals surface area (Å²) >= 11 is 1.26. The van der Waals surface area contributed by atoms with Gasteiger partial charge in [0.2, 0.25) is 5.91 Å². The highest BCUT2D eigenvalue weighted by Crippen LogP contribution is 2.40. The van der Waals surface area contributed by atoms with Crippen LogP contribution in [0.2, 0.25) is 0 Å². The van der Waals surface area contributed by atoms with Gasteiger partial charge in [0, 0.05) is 12.1 Å². The van der Waals surface area contributed by atoms with Crippen LogP contribution >= 0.6 is 11.8 Å². The average molecular weight is 352 g/mol. The van der Waals surface area contributed by atoms with Crippen LogP contribution in [0.3, 0.4) is 0 Å². The Morgan fingerprint density at radius 2 is 1.83 bits per heavy atom. The van der Waals surface area contributed by atoms with E-state index in [1.54, 1.807) is 0 Å². The molecule has 1 fully saturated rings. The highest BCUT2D eigenvalue weighted by molar-refractivity contribution is 7.99. The van der Waals surface area contributed by atoms with Crippen LogP contribution in [-0.4, -0.2) is 27.7 Å². The fourth-order valence-electron chi connectivity index (χ4n) is 3.23. The third kappa shape index (κ3) is 5.26. The molecule has 0 radical (unpaired) electrons. The van der Waals surface area contributed by atoms with E-state index < -0.39 is 0 Å². The molecule has 1 aromatic heterocycles. The summed E-state index contributed by atoms with van der Waals surface area (Å²) in [6, 6.07) is 1.79. The van der Waals surface area contributed by atoms with Crippen LogP contribution in [0.5, 0.6) is 0 Å². The molecule has 1 aromatic rings. The summed E-state index contributed by atoms with van der Waals surface area (Å²) in [4.78, 5) is 20.3. The van der Waals surface area contributed by atoms with Crippen molar-refractivity contribution in [2.24, 2.45) is 11.3 Å². The van der Waals surface area contributed by atoms with Crippen LogP contribution in [0.1, 0.15) is 52.9 Å². The SMILES string of the molecule is CCC(C)(C)C1CCC(NC(=O)CSc2nc(N)cc(N)n2)CC1. The molecular formula is C17H29N5OS. The molecule has 0 saturated heterocycles. The molecule has 24 heavy (non-hydrogen) atoms. The lowest BCUT2D eigenvalue weighted by atomic mass is 9.69. The normalized spacial score (nSPS) is 21.5. The van der Waals surface area contributed by atoms with Crippen molar-refractivity contribution in [2.75, 3.05) is 17.2 Å². The number of rotatable bonds is 6. The molecule has 1 heterocycles. The molecule has 2 rings (SSSR count). The van der Waals surface area contributed by atoms with Crippen molar-refractivity contribution in [3.8, 4) is 0 Å². The second kappa shape index (κ2) is 8.05. The number of aromatic nitrogens is 2. The number of anilines is 2. The predicted octanol–water partition coefficient (Wildman–Crippen LogP) is 2.84. The molecule has 7 heteroatoms. The maximum Gasteiger partial charge on any atom is 0.230 e. The van der Waals surface area contributed by atoms with E-state index in [0.29, 0.717) is 22.2 Å². The van der Waals surface area contributed by atoms with E-state index in [-0.39, 0.29) is 17.7 Å². The summed E-state index contributed by atoms with van der Waals surface area (Å²) in [5, 5.41) is 3.57. The first-order valence-corrected chi connectivity index (χ1v) is 9.61. The molecule has 0 atom stereocenters. The number of nitrogen functional groups attached to an aromatic ring is 2. The second-order valence-electron chi connectivity index (χ2n) is 7.25. The van der Waals surface area contributed by atoms with Gasteiger partial charge in [-0.1, -0.05) is 39.0 Å². The van der Waals surface area contributed by atoms with E-state index >= 15 is 0 Å². The fourth-order valence-corrected chi connectivity index (χ4v) is 3.92. The van der Waals surface area contributed by atoms with Gasteiger partial charge in [0.1, 0.15) is 11.6 Å². The Kier molecular flexibility index (Phi) is 6.32. The quantitative estimate of drug-likeness (QED) is 0.537. The van der Waals surface area contributed by atoms with Crippen LogP contribution < -0.4 is 16.8 Å². The van der Waals surface area contributed by atoms with Crippen LogP contribution in [0.25, 0.3) is 0 Å². The number of nitrogens with two attached hydrogens (primary N) is 2. The van der Waals surface area contributed by atoms with E-state index in [9.17, 15) is 4.79 Å². The van der Waals surface area contributed by atoms with E-state index in [2.05, 4.69) is 36.1 Å². The number of nitrogens with one attached hydrogen (secondary N) is 1. The Morgan fingerprint density at radius 1 is 1.25 bits per heavy atom. The first-order chi connectivity index (χ1) is 11.3. The minimum absolute atomic E-state index is 0.0165. The summed E-state index contributed by atoms with van der Waals surface area (Å²) in [6.07, 6.45) is 5.70. The number of hydrogen-bond donors (Lipinski definition) is 3. The first-order valence-electron chi connectivity index (χ1n) is 8.62. The van der Waals surface area contributed by atoms with E-state index in [1.807, 2.05) is 0 Å². The molecule has 0 aromatic carbocycles. The lowest BCUT2D eigenvalue weighted by Gasteiger charge is -2.39. The van der Waals surface area contributed by atoms with Gasteiger partial charge in [-0.15, -0.1) is 0 Å². The summed E-state index contributed by atoms with van der Waals surface area (Å²) in [5.41, 5.74) is 11.7. The van der Waals surface area contributed by atoms with E-state index in [1.165, 1.54) is 37.1 Å². The highest BCUT2D eigenvalue weighted by atomic mass is 32.2. The summed E-state index contributed by atoms with van der Waals surface area (Å²) in [5.74, 6) is 1.70. The van der Waals surface area contributed by atoms with Crippen molar-refractivity contribution < 1.29 is 4.79 Å². The van der Waals surface area contributed by atoms with E-state index in [0.717, 1.165) is 18.8 Å². The van der Waals surface area contributed by atoms with Gasteiger partial charge in [0.05, 0.1) is 5.75 Å². The first kappa shape index (κ1) is 18.8. The van der Waals surface area contributed by atoms with Crippen molar-refractivity contribution in [1.82, 2.24) is 15.3 Å². The number of carbonyl (C=O) groups is 1. The third-order valence-corrected chi connectivity index (χ3v) is 6.03. The second-order valence-corrected chi connectivity index (χ2v) is 8.19. The Hall–Kier alpha value is -1.50. The molecular weight excluding hydrogens is 322 g/mol. The van der Waals surface area contributed by atoms with Gasteiger partial charge < -0.3 is 16.8 Å². The lowest BCUT2D eigenvalue weighted by Crippen LogP contribution is -2.40. The molecule has 6 nitrogen and oxygen atoms in total. The van der Waals surface area contributed by atoms with Crippen molar-refractivity contribution in [1.29, 1.82) is 0 Å². The number of carbonyl (C=O) groups excluding carboxylic acids is 1. The van der Waals surface area contributed by atoms with Gasteiger partial charge in [-0.3, -0.25) is 4.79 Å². The van der Waals surface area contributed by atoms with Gasteiger partial charge in [-0.25, -0.2) is 9.97 Å². The van der Waals surface area contributed by atoms with Gasteiger partial charge in [-0.2, -0.15) is 0 Å². The topological polar surface area (TPSA) is 107 Å². The zero-order valence-electron chi connectivity index (χ0n) is 14.8. The highest BCUT2D eigenvalue weighted by Gasteiger charge is 2.32. The average Bonchev–Trinajstić information content (AvgIpc) is 2.52. The molecule has 0 unspecified atom stereocenters. The van der Waals surface area contributed by atoms with Gasteiger partial charge in [-0.05, 0) is 37.0 Å². The predicted molar refractivity (Wildman–Crippen MR) is 99.5 cm³/mol. The number of amides is 1. The Balaban J connectivity index is 1.76. The van der Waals surface area contributed by atoms with Crippen LogP contribution in [-0.2, 0) is 4.79 Å². The summed E-state index contributed by atoms with van der Waals surface area (Å²) < 4.78 is 0. The smallest absolute Gasteiger partial charge is 0.230 e. The molecule has 5 N–H and O–H groups in total. The molecule has 0 aliphatic heterocycles. The largest absolute Gasteiger partial charge is 0.383 e. The molecule has 1 saturated carbocycles. The third-order valence-electron chi connectivity index (χ3n) is 5.19. The van der Waals surface area contributed by atoms with Crippen molar-refractivity contribution >= 4 is 29.3 Å². The minimum Gasteiger partial charge on any atom is -0.383 e. The summed E-state index contributed by atoms with van der Waals surface area (Å²) in [6.45, 7) is 6.96. The maximum absolute atomic E-state index is 12.1. The van der Waals surface area contributed by atoms with Crippen LogP contribution in [0.15, 0.2) is 11.2 Å². The fraction of sp³-hybridized carbons (Fsp3) is 0.706. The molecule has 134 valence electrons. The van der Waals surface area contributed by atoms with Crippen LogP contribution in [0.4, 0.5) is 11.6 Å². The van der Waals surface area contributed by atoms with Crippen molar-refractivity contribution in [2.45, 2.75) is 64.1 Å². The lowest BCUT2D eigenvalue weighted by molar-refractivity contribution is -0.119. The monoisotopic (exact) mass is 351 g/mol. The van der Waals surface area contributed by atoms with Crippen LogP contribution in [0, 0.1) is 11.3 Å². The molecule has 0 bridgehead atoms. The molecule has 1 aliphatic rings. The summed E-state index contributed by atoms with van der Waals surface area (Å²) in [7, 11) is 0. The van der Waals surface area contributed by atoms with Gasteiger partial charge in [0.25, 0.3) is 0 Å². The number of nitrogens with zero attached hydrogens (tertiary/aromatic N) is 2. The maximum atomic E-state index is 12.1.